The van der Waals surface area contributed by atoms with Crippen molar-refractivity contribution in [2.45, 2.75) is 25.5 Å². The second-order valence-electron chi connectivity index (χ2n) is 8.22. The number of aromatic nitrogens is 6. The van der Waals surface area contributed by atoms with Crippen LogP contribution in [-0.2, 0) is 11.3 Å². The van der Waals surface area contributed by atoms with E-state index in [0.717, 1.165) is 25.0 Å². The fourth-order valence-corrected chi connectivity index (χ4v) is 4.56. The van der Waals surface area contributed by atoms with Gasteiger partial charge in [0.15, 0.2) is 0 Å². The van der Waals surface area contributed by atoms with Crippen LogP contribution in [0.25, 0.3) is 16.9 Å². The average Bonchev–Trinajstić information content (AvgIpc) is 3.52. The lowest BCUT2D eigenvalue weighted by Crippen LogP contribution is -2.37. The van der Waals surface area contributed by atoms with Crippen molar-refractivity contribution in [1.82, 2.24) is 29.8 Å². The molecular weight excluding hydrogens is 418 g/mol. The zero-order valence-corrected chi connectivity index (χ0v) is 17.2. The van der Waals surface area contributed by atoms with Crippen LogP contribution in [-0.4, -0.2) is 48.4 Å². The SMILES string of the molecule is O=C(Nc1cc(-c2nnn(CC34COC(C3)C4)n2)ccc1Cl)c1cnn2ccccc12. The van der Waals surface area contributed by atoms with Gasteiger partial charge in [0.1, 0.15) is 0 Å². The molecule has 0 atom stereocenters. The van der Waals surface area contributed by atoms with Crippen LogP contribution in [0, 0.1) is 5.41 Å². The van der Waals surface area contributed by atoms with E-state index in [2.05, 4.69) is 25.8 Å². The highest BCUT2D eigenvalue weighted by Gasteiger charge is 2.52. The molecule has 1 saturated carbocycles. The van der Waals surface area contributed by atoms with Crippen LogP contribution >= 0.6 is 11.6 Å². The number of nitrogens with zero attached hydrogens (tertiary/aromatic N) is 6. The zero-order valence-electron chi connectivity index (χ0n) is 16.4. The summed E-state index contributed by atoms with van der Waals surface area (Å²) in [7, 11) is 0. The van der Waals surface area contributed by atoms with Crippen molar-refractivity contribution < 1.29 is 9.53 Å². The van der Waals surface area contributed by atoms with Gasteiger partial charge in [-0.15, -0.1) is 10.2 Å². The highest BCUT2D eigenvalue weighted by Crippen LogP contribution is 2.50. The van der Waals surface area contributed by atoms with Gasteiger partial charge in [0.2, 0.25) is 5.82 Å². The number of rotatable bonds is 5. The van der Waals surface area contributed by atoms with Gasteiger partial charge in [0, 0.05) is 17.2 Å². The minimum Gasteiger partial charge on any atom is -0.378 e. The molecule has 9 nitrogen and oxygen atoms in total. The van der Waals surface area contributed by atoms with Gasteiger partial charge >= 0.3 is 0 Å². The third-order valence-electron chi connectivity index (χ3n) is 6.02. The van der Waals surface area contributed by atoms with E-state index >= 15 is 0 Å². The Kier molecular flexibility index (Phi) is 4.09. The van der Waals surface area contributed by atoms with Gasteiger partial charge in [-0.1, -0.05) is 17.7 Å². The predicted molar refractivity (Wildman–Crippen MR) is 113 cm³/mol. The summed E-state index contributed by atoms with van der Waals surface area (Å²) in [6, 6.07) is 10.8. The number of ether oxygens (including phenoxy) is 1. The summed E-state index contributed by atoms with van der Waals surface area (Å²) >= 11 is 6.34. The summed E-state index contributed by atoms with van der Waals surface area (Å²) in [5.74, 6) is 0.186. The number of amides is 1. The quantitative estimate of drug-likeness (QED) is 0.517. The van der Waals surface area contributed by atoms with Crippen molar-refractivity contribution >= 4 is 28.7 Å². The molecular formula is C21H18ClN7O2. The summed E-state index contributed by atoms with van der Waals surface area (Å²) in [6.45, 7) is 1.46. The lowest BCUT2D eigenvalue weighted by molar-refractivity contribution is 0.101. The number of fused-ring (bicyclic) bond motifs is 2. The second-order valence-corrected chi connectivity index (χ2v) is 8.63. The number of benzene rings is 1. The Morgan fingerprint density at radius 2 is 2.19 bits per heavy atom. The Balaban J connectivity index is 1.24. The molecule has 2 bridgehead atoms. The number of carbonyl (C=O) groups excluding carboxylic acids is 1. The highest BCUT2D eigenvalue weighted by molar-refractivity contribution is 6.34. The van der Waals surface area contributed by atoms with E-state index in [4.69, 9.17) is 16.3 Å². The third kappa shape index (κ3) is 3.17. The van der Waals surface area contributed by atoms with E-state index in [1.807, 2.05) is 24.3 Å². The Labute approximate surface area is 182 Å². The lowest BCUT2D eigenvalue weighted by Gasteiger charge is -2.34. The molecule has 31 heavy (non-hydrogen) atoms. The maximum Gasteiger partial charge on any atom is 0.259 e. The molecule has 156 valence electrons. The van der Waals surface area contributed by atoms with E-state index < -0.39 is 0 Å². The van der Waals surface area contributed by atoms with E-state index in [1.54, 1.807) is 27.6 Å². The first-order valence-corrected chi connectivity index (χ1v) is 10.4. The van der Waals surface area contributed by atoms with Crippen molar-refractivity contribution in [1.29, 1.82) is 0 Å². The van der Waals surface area contributed by atoms with Crippen molar-refractivity contribution in [3.05, 3.63) is 59.4 Å². The standard InChI is InChI=1S/C21H18ClN7O2/c22-16-5-4-13(19-25-27-29(26-19)11-21-8-14(9-21)31-12-21)7-17(16)24-20(30)15-10-23-28-6-2-1-3-18(15)28/h1-7,10,14H,8-9,11-12H2,(H,24,30). The predicted octanol–water partition coefficient (Wildman–Crippen LogP) is 3.07. The fraction of sp³-hybridized carbons (Fsp3) is 0.286. The number of nitrogens with one attached hydrogen (secondary N) is 1. The fourth-order valence-electron chi connectivity index (χ4n) is 4.40. The van der Waals surface area contributed by atoms with E-state index in [-0.39, 0.29) is 11.3 Å². The monoisotopic (exact) mass is 435 g/mol. The van der Waals surface area contributed by atoms with Crippen LogP contribution < -0.4 is 5.32 Å². The molecule has 3 aromatic heterocycles. The number of anilines is 1. The molecule has 4 aromatic rings. The molecule has 10 heteroatoms. The molecule has 1 aliphatic carbocycles. The first-order valence-electron chi connectivity index (χ1n) is 10.0. The topological polar surface area (TPSA) is 99.2 Å². The summed E-state index contributed by atoms with van der Waals surface area (Å²) < 4.78 is 7.31. The van der Waals surface area contributed by atoms with Crippen LogP contribution in [0.15, 0.2) is 48.8 Å². The van der Waals surface area contributed by atoms with Gasteiger partial charge in [-0.05, 0) is 48.4 Å². The summed E-state index contributed by atoms with van der Waals surface area (Å²) in [5.41, 5.74) is 2.52. The third-order valence-corrected chi connectivity index (χ3v) is 6.35. The van der Waals surface area contributed by atoms with Crippen molar-refractivity contribution in [2.75, 3.05) is 11.9 Å². The number of hydrogen-bond acceptors (Lipinski definition) is 6. The van der Waals surface area contributed by atoms with Gasteiger partial charge in [0.05, 0.1) is 47.2 Å². The van der Waals surface area contributed by atoms with Crippen LogP contribution in [0.3, 0.4) is 0 Å². The van der Waals surface area contributed by atoms with Gasteiger partial charge in [0.25, 0.3) is 5.91 Å². The summed E-state index contributed by atoms with van der Waals surface area (Å²) in [5, 5.41) is 20.4. The number of halogens is 1. The largest absolute Gasteiger partial charge is 0.378 e. The van der Waals surface area contributed by atoms with Crippen LogP contribution in [0.1, 0.15) is 23.2 Å². The molecule has 5 heterocycles. The van der Waals surface area contributed by atoms with Gasteiger partial charge in [-0.3, -0.25) is 4.79 Å². The van der Waals surface area contributed by atoms with Gasteiger partial charge in [-0.2, -0.15) is 9.90 Å². The van der Waals surface area contributed by atoms with E-state index in [9.17, 15) is 4.79 Å². The maximum atomic E-state index is 12.8. The molecule has 7 rings (SSSR count). The van der Waals surface area contributed by atoms with Gasteiger partial charge in [-0.25, -0.2) is 4.52 Å². The Hall–Kier alpha value is -3.30. The molecule has 3 fully saturated rings. The van der Waals surface area contributed by atoms with Crippen molar-refractivity contribution in [3.63, 3.8) is 0 Å². The summed E-state index contributed by atoms with van der Waals surface area (Å²) in [4.78, 5) is 14.5. The van der Waals surface area contributed by atoms with Crippen molar-refractivity contribution in [2.24, 2.45) is 5.41 Å². The molecule has 1 N–H and O–H groups in total. The second kappa shape index (κ2) is 6.86. The molecule has 3 aliphatic rings. The minimum absolute atomic E-state index is 0.149. The molecule has 0 spiro atoms. The molecule has 0 radical (unpaired) electrons. The molecule has 2 saturated heterocycles. The number of pyridine rings is 1. The van der Waals surface area contributed by atoms with E-state index in [0.29, 0.717) is 40.3 Å². The molecule has 1 aromatic carbocycles. The van der Waals surface area contributed by atoms with Crippen molar-refractivity contribution in [3.8, 4) is 11.4 Å². The first-order chi connectivity index (χ1) is 15.1. The Bertz CT molecular complexity index is 1300. The smallest absolute Gasteiger partial charge is 0.259 e. The molecule has 1 amide bonds. The van der Waals surface area contributed by atoms with Crippen LogP contribution in [0.2, 0.25) is 5.02 Å². The highest BCUT2D eigenvalue weighted by atomic mass is 35.5. The lowest BCUT2D eigenvalue weighted by atomic mass is 9.70. The normalized spacial score (nSPS) is 21.9. The maximum absolute atomic E-state index is 12.8. The van der Waals surface area contributed by atoms with E-state index in [1.165, 1.54) is 6.20 Å². The molecule has 2 aliphatic heterocycles. The Morgan fingerprint density at radius 1 is 1.29 bits per heavy atom. The average molecular weight is 436 g/mol. The van der Waals surface area contributed by atoms with Crippen LogP contribution in [0.4, 0.5) is 5.69 Å². The minimum atomic E-state index is -0.295. The number of carbonyl (C=O) groups is 1. The number of tetrazole rings is 1. The van der Waals surface area contributed by atoms with Gasteiger partial charge < -0.3 is 10.1 Å². The molecule has 0 unspecified atom stereocenters. The summed E-state index contributed by atoms with van der Waals surface area (Å²) in [6.07, 6.45) is 5.84. The first kappa shape index (κ1) is 18.5. The Morgan fingerprint density at radius 3 is 3.03 bits per heavy atom. The van der Waals surface area contributed by atoms with Crippen LogP contribution in [0.5, 0.6) is 0 Å². The zero-order chi connectivity index (χ0) is 21.0. The number of hydrogen-bond donors (Lipinski definition) is 1.